The van der Waals surface area contributed by atoms with Crippen LogP contribution in [0.15, 0.2) is 36.8 Å². The Bertz CT molecular complexity index is 1340. The van der Waals surface area contributed by atoms with Crippen LogP contribution in [0, 0.1) is 5.92 Å². The number of likely N-dealkylation sites (tertiary alicyclic amines) is 1. The van der Waals surface area contributed by atoms with Gasteiger partial charge in [-0.2, -0.15) is 5.10 Å². The molecule has 0 radical (unpaired) electrons. The average molecular weight is 529 g/mol. The Morgan fingerprint density at radius 3 is 2.43 bits per heavy atom. The van der Waals surface area contributed by atoms with Gasteiger partial charge in [-0.15, -0.1) is 0 Å². The van der Waals surface area contributed by atoms with Crippen LogP contribution < -0.4 is 4.90 Å². The van der Waals surface area contributed by atoms with Crippen molar-refractivity contribution in [1.82, 2.24) is 24.6 Å². The van der Waals surface area contributed by atoms with E-state index >= 15 is 0 Å². The zero-order chi connectivity index (χ0) is 26.8. The summed E-state index contributed by atoms with van der Waals surface area (Å²) < 4.78 is 30.2. The summed E-state index contributed by atoms with van der Waals surface area (Å²) in [5, 5.41) is 5.42. The average Bonchev–Trinajstić information content (AvgIpc) is 3.26. The number of aryl methyl sites for hydroxylation is 1. The Morgan fingerprint density at radius 1 is 1.14 bits per heavy atom. The largest absolute Gasteiger partial charge is 0.444 e. The minimum absolute atomic E-state index is 0.125. The summed E-state index contributed by atoms with van der Waals surface area (Å²) in [6.07, 6.45) is 6.63. The molecule has 1 amide bonds. The third kappa shape index (κ3) is 6.97. The minimum Gasteiger partial charge on any atom is -0.444 e. The van der Waals surface area contributed by atoms with E-state index in [1.165, 1.54) is 6.26 Å². The Morgan fingerprint density at radius 2 is 1.81 bits per heavy atom. The molecular formula is C26H36N6O4S. The molecule has 1 aliphatic rings. The summed E-state index contributed by atoms with van der Waals surface area (Å²) in [7, 11) is -0.980. The van der Waals surface area contributed by atoms with E-state index in [0.29, 0.717) is 31.1 Å². The van der Waals surface area contributed by atoms with E-state index < -0.39 is 15.4 Å². The zero-order valence-electron chi connectivity index (χ0n) is 22.2. The van der Waals surface area contributed by atoms with E-state index in [9.17, 15) is 13.2 Å². The van der Waals surface area contributed by atoms with E-state index in [1.807, 2.05) is 52.1 Å². The van der Waals surface area contributed by atoms with Crippen LogP contribution in [0.3, 0.4) is 0 Å². The first-order valence-corrected chi connectivity index (χ1v) is 14.6. The predicted octanol–water partition coefficient (Wildman–Crippen LogP) is 3.49. The second kappa shape index (κ2) is 10.6. The smallest absolute Gasteiger partial charge is 0.410 e. The van der Waals surface area contributed by atoms with Crippen LogP contribution in [0.5, 0.6) is 0 Å². The molecule has 0 saturated carbocycles. The molecule has 0 bridgehead atoms. The topological polar surface area (TPSA) is 111 Å². The van der Waals surface area contributed by atoms with Crippen LogP contribution in [0.1, 0.15) is 39.2 Å². The van der Waals surface area contributed by atoms with Gasteiger partial charge in [-0.1, -0.05) is 12.1 Å². The van der Waals surface area contributed by atoms with Gasteiger partial charge < -0.3 is 14.5 Å². The highest BCUT2D eigenvalue weighted by atomic mass is 32.2. The summed E-state index contributed by atoms with van der Waals surface area (Å²) in [4.78, 5) is 25.3. The third-order valence-electron chi connectivity index (χ3n) is 6.45. The van der Waals surface area contributed by atoms with Crippen molar-refractivity contribution in [2.24, 2.45) is 5.92 Å². The number of benzene rings is 1. The van der Waals surface area contributed by atoms with Crippen molar-refractivity contribution in [3.8, 4) is 5.69 Å². The SMILES string of the molecule is CN(CC1CCN(C(=O)OC(C)(C)C)CC1)c1ncnc2c1cnn2-c1ccc(CCS(C)(=O)=O)cc1. The highest BCUT2D eigenvalue weighted by Gasteiger charge is 2.28. The first kappa shape index (κ1) is 26.8. The number of anilines is 1. The number of nitrogens with zero attached hydrogens (tertiary/aromatic N) is 6. The number of sulfone groups is 1. The number of fused-ring (bicyclic) bond motifs is 1. The lowest BCUT2D eigenvalue weighted by Crippen LogP contribution is -2.43. The lowest BCUT2D eigenvalue weighted by atomic mass is 9.96. The molecule has 200 valence electrons. The van der Waals surface area contributed by atoms with E-state index in [1.54, 1.807) is 22.1 Å². The Kier molecular flexibility index (Phi) is 7.72. The molecule has 3 heterocycles. The van der Waals surface area contributed by atoms with E-state index in [2.05, 4.69) is 20.0 Å². The van der Waals surface area contributed by atoms with Gasteiger partial charge in [0.25, 0.3) is 0 Å². The molecule has 3 aromatic rings. The number of carbonyl (C=O) groups is 1. The lowest BCUT2D eigenvalue weighted by Gasteiger charge is -2.35. The maximum atomic E-state index is 12.4. The molecule has 37 heavy (non-hydrogen) atoms. The second-order valence-corrected chi connectivity index (χ2v) is 13.1. The van der Waals surface area contributed by atoms with E-state index in [-0.39, 0.29) is 11.8 Å². The third-order valence-corrected chi connectivity index (χ3v) is 7.39. The molecule has 1 aromatic carbocycles. The van der Waals surface area contributed by atoms with Crippen molar-refractivity contribution in [2.45, 2.75) is 45.6 Å². The molecule has 4 rings (SSSR count). The van der Waals surface area contributed by atoms with Crippen molar-refractivity contribution in [3.05, 3.63) is 42.4 Å². The molecule has 10 nitrogen and oxygen atoms in total. The monoisotopic (exact) mass is 528 g/mol. The maximum Gasteiger partial charge on any atom is 0.410 e. The van der Waals surface area contributed by atoms with Crippen molar-refractivity contribution in [3.63, 3.8) is 0 Å². The molecule has 0 unspecified atom stereocenters. The summed E-state index contributed by atoms with van der Waals surface area (Å²) in [5.41, 5.74) is 2.02. The van der Waals surface area contributed by atoms with Gasteiger partial charge >= 0.3 is 6.09 Å². The van der Waals surface area contributed by atoms with E-state index in [0.717, 1.165) is 41.8 Å². The van der Waals surface area contributed by atoms with Crippen molar-refractivity contribution < 1.29 is 17.9 Å². The standard InChI is InChI=1S/C26H36N6O4S/c1-26(2,3)36-25(33)31-13-10-20(11-14-31)17-30(4)23-22-16-29-32(24(22)28-18-27-23)21-8-6-19(7-9-21)12-15-37(5,34)35/h6-9,16,18,20H,10-15,17H2,1-5H3. The molecule has 0 aliphatic carbocycles. The van der Waals surface area contributed by atoms with Gasteiger partial charge in [0.2, 0.25) is 0 Å². The first-order chi connectivity index (χ1) is 17.4. The highest BCUT2D eigenvalue weighted by Crippen LogP contribution is 2.27. The molecule has 0 spiro atoms. The number of aromatic nitrogens is 4. The molecule has 1 saturated heterocycles. The van der Waals surface area contributed by atoms with Crippen molar-refractivity contribution in [2.75, 3.05) is 43.6 Å². The first-order valence-electron chi connectivity index (χ1n) is 12.5. The van der Waals surface area contributed by atoms with Crippen LogP contribution in [0.25, 0.3) is 16.7 Å². The number of amides is 1. The maximum absolute atomic E-state index is 12.4. The molecule has 11 heteroatoms. The molecule has 2 aromatic heterocycles. The van der Waals surface area contributed by atoms with Crippen LogP contribution in [-0.4, -0.2) is 83.5 Å². The number of hydrogen-bond donors (Lipinski definition) is 0. The number of carbonyl (C=O) groups excluding carboxylic acids is 1. The summed E-state index contributed by atoms with van der Waals surface area (Å²) in [5.74, 6) is 1.37. The normalized spacial score (nSPS) is 15.2. The van der Waals surface area contributed by atoms with Gasteiger partial charge in [0, 0.05) is 32.9 Å². The van der Waals surface area contributed by atoms with Crippen molar-refractivity contribution >= 4 is 32.8 Å². The number of rotatable bonds is 7. The van der Waals surface area contributed by atoms with Gasteiger partial charge in [0.05, 0.1) is 23.0 Å². The molecule has 1 aliphatic heterocycles. The van der Waals surface area contributed by atoms with E-state index in [4.69, 9.17) is 4.74 Å². The number of hydrogen-bond acceptors (Lipinski definition) is 8. The lowest BCUT2D eigenvalue weighted by molar-refractivity contribution is 0.0186. The second-order valence-electron chi connectivity index (χ2n) is 10.8. The van der Waals surface area contributed by atoms with Crippen LogP contribution >= 0.6 is 0 Å². The fourth-order valence-electron chi connectivity index (χ4n) is 4.53. The van der Waals surface area contributed by atoms with Crippen LogP contribution in [0.2, 0.25) is 0 Å². The fraction of sp³-hybridized carbons (Fsp3) is 0.538. The van der Waals surface area contributed by atoms with Gasteiger partial charge in [-0.05, 0) is 63.6 Å². The Labute approximate surface area is 218 Å². The van der Waals surface area contributed by atoms with Gasteiger partial charge in [-0.3, -0.25) is 0 Å². The molecule has 1 fully saturated rings. The molecule has 0 atom stereocenters. The number of ether oxygens (including phenoxy) is 1. The van der Waals surface area contributed by atoms with Gasteiger partial charge in [-0.25, -0.2) is 27.9 Å². The number of piperidine rings is 1. The fourth-order valence-corrected chi connectivity index (χ4v) is 5.14. The Balaban J connectivity index is 1.42. The summed E-state index contributed by atoms with van der Waals surface area (Å²) in [6.45, 7) is 7.83. The zero-order valence-corrected chi connectivity index (χ0v) is 23.0. The van der Waals surface area contributed by atoms with Crippen LogP contribution in [0.4, 0.5) is 10.6 Å². The highest BCUT2D eigenvalue weighted by molar-refractivity contribution is 7.90. The van der Waals surface area contributed by atoms with Crippen molar-refractivity contribution in [1.29, 1.82) is 0 Å². The summed E-state index contributed by atoms with van der Waals surface area (Å²) >= 11 is 0. The Hall–Kier alpha value is -3.21. The predicted molar refractivity (Wildman–Crippen MR) is 144 cm³/mol. The molecular weight excluding hydrogens is 492 g/mol. The van der Waals surface area contributed by atoms with Gasteiger partial charge in [0.1, 0.15) is 27.6 Å². The summed E-state index contributed by atoms with van der Waals surface area (Å²) in [6, 6.07) is 7.69. The quantitative estimate of drug-likeness (QED) is 0.458. The van der Waals surface area contributed by atoms with Gasteiger partial charge in [0.15, 0.2) is 5.65 Å². The van der Waals surface area contributed by atoms with Crippen LogP contribution in [-0.2, 0) is 21.0 Å². The minimum atomic E-state index is -3.00. The molecule has 0 N–H and O–H groups in total.